The van der Waals surface area contributed by atoms with Crippen molar-refractivity contribution in [2.24, 2.45) is 0 Å². The second kappa shape index (κ2) is 5.46. The quantitative estimate of drug-likeness (QED) is 0.404. The Morgan fingerprint density at radius 1 is 1.20 bits per heavy atom. The van der Waals surface area contributed by atoms with Crippen molar-refractivity contribution in [3.63, 3.8) is 0 Å². The van der Waals surface area contributed by atoms with Crippen LogP contribution in [0.25, 0.3) is 0 Å². The molecule has 2 aromatic rings. The van der Waals surface area contributed by atoms with E-state index in [1.54, 1.807) is 6.07 Å². The van der Waals surface area contributed by atoms with Crippen molar-refractivity contribution >= 4 is 23.1 Å². The SMILES string of the molecule is Cc1nc(Sc2ccc([N+](=O)[O-])cc2N)nc(C)c1C. The number of hydrogen-bond donors (Lipinski definition) is 1. The maximum atomic E-state index is 10.7. The molecule has 2 N–H and O–H groups in total. The van der Waals surface area contributed by atoms with Crippen LogP contribution in [0.15, 0.2) is 28.3 Å². The molecule has 1 aromatic heterocycles. The van der Waals surface area contributed by atoms with Gasteiger partial charge in [0.2, 0.25) is 0 Å². The van der Waals surface area contributed by atoms with Crippen molar-refractivity contribution in [3.05, 3.63) is 45.3 Å². The lowest BCUT2D eigenvalue weighted by Crippen LogP contribution is -1.99. The molecule has 0 aliphatic carbocycles. The Kier molecular flexibility index (Phi) is 3.89. The van der Waals surface area contributed by atoms with E-state index in [0.29, 0.717) is 15.7 Å². The molecule has 0 aliphatic rings. The third-order valence-corrected chi connectivity index (χ3v) is 3.97. The van der Waals surface area contributed by atoms with Crippen LogP contribution in [0.4, 0.5) is 11.4 Å². The normalized spacial score (nSPS) is 10.6. The van der Waals surface area contributed by atoms with Gasteiger partial charge in [0.1, 0.15) is 0 Å². The molecule has 104 valence electrons. The zero-order valence-electron chi connectivity index (χ0n) is 11.4. The lowest BCUT2D eigenvalue weighted by molar-refractivity contribution is -0.384. The van der Waals surface area contributed by atoms with E-state index in [1.807, 2.05) is 20.8 Å². The van der Waals surface area contributed by atoms with E-state index < -0.39 is 4.92 Å². The highest BCUT2D eigenvalue weighted by Crippen LogP contribution is 2.32. The van der Waals surface area contributed by atoms with Crippen LogP contribution in [0.2, 0.25) is 0 Å². The zero-order valence-corrected chi connectivity index (χ0v) is 12.2. The number of aryl methyl sites for hydroxylation is 2. The van der Waals surface area contributed by atoms with Crippen molar-refractivity contribution in [3.8, 4) is 0 Å². The van der Waals surface area contributed by atoms with Gasteiger partial charge in [0.15, 0.2) is 5.16 Å². The molecule has 0 unspecified atom stereocenters. The van der Waals surface area contributed by atoms with Crippen LogP contribution in [0.1, 0.15) is 17.0 Å². The first-order valence-corrected chi connectivity index (χ1v) is 6.73. The summed E-state index contributed by atoms with van der Waals surface area (Å²) < 4.78 is 0. The lowest BCUT2D eigenvalue weighted by Gasteiger charge is -2.08. The highest BCUT2D eigenvalue weighted by atomic mass is 32.2. The minimum atomic E-state index is -0.471. The lowest BCUT2D eigenvalue weighted by atomic mass is 10.2. The molecule has 6 nitrogen and oxygen atoms in total. The minimum Gasteiger partial charge on any atom is -0.398 e. The summed E-state index contributed by atoms with van der Waals surface area (Å²) in [6, 6.07) is 4.38. The topological polar surface area (TPSA) is 94.9 Å². The highest BCUT2D eigenvalue weighted by molar-refractivity contribution is 7.99. The van der Waals surface area contributed by atoms with Gasteiger partial charge in [-0.1, -0.05) is 0 Å². The fraction of sp³-hybridized carbons (Fsp3) is 0.231. The first kappa shape index (κ1) is 14.3. The summed E-state index contributed by atoms with van der Waals surface area (Å²) in [6.45, 7) is 5.82. The van der Waals surface area contributed by atoms with E-state index in [4.69, 9.17) is 5.73 Å². The van der Waals surface area contributed by atoms with Gasteiger partial charge in [0.25, 0.3) is 5.69 Å². The number of nitrogens with two attached hydrogens (primary N) is 1. The van der Waals surface area contributed by atoms with Gasteiger partial charge in [0, 0.05) is 28.4 Å². The van der Waals surface area contributed by atoms with Crippen molar-refractivity contribution in [1.29, 1.82) is 0 Å². The predicted molar refractivity (Wildman–Crippen MR) is 77.9 cm³/mol. The summed E-state index contributed by atoms with van der Waals surface area (Å²) in [5.41, 5.74) is 9.05. The van der Waals surface area contributed by atoms with Gasteiger partial charge in [-0.05, 0) is 44.2 Å². The Balaban J connectivity index is 2.33. The number of anilines is 1. The van der Waals surface area contributed by atoms with E-state index in [0.717, 1.165) is 17.0 Å². The summed E-state index contributed by atoms with van der Waals surface area (Å²) in [5, 5.41) is 11.3. The first-order chi connectivity index (χ1) is 9.38. The van der Waals surface area contributed by atoms with Gasteiger partial charge in [-0.25, -0.2) is 9.97 Å². The van der Waals surface area contributed by atoms with Gasteiger partial charge in [-0.15, -0.1) is 0 Å². The average molecular weight is 290 g/mol. The summed E-state index contributed by atoms with van der Waals surface area (Å²) in [7, 11) is 0. The minimum absolute atomic E-state index is 0.0240. The average Bonchev–Trinajstić information content (AvgIpc) is 2.38. The molecule has 7 heteroatoms. The molecule has 0 fully saturated rings. The molecule has 0 spiro atoms. The third-order valence-electron chi connectivity index (χ3n) is 3.02. The van der Waals surface area contributed by atoms with Crippen LogP contribution in [-0.4, -0.2) is 14.9 Å². The van der Waals surface area contributed by atoms with E-state index >= 15 is 0 Å². The number of nitrogens with zero attached hydrogens (tertiary/aromatic N) is 3. The smallest absolute Gasteiger partial charge is 0.271 e. The van der Waals surface area contributed by atoms with Crippen LogP contribution < -0.4 is 5.73 Å². The predicted octanol–water partition coefficient (Wildman–Crippen LogP) is 3.04. The molecule has 1 aromatic carbocycles. The maximum absolute atomic E-state index is 10.7. The van der Waals surface area contributed by atoms with E-state index in [9.17, 15) is 10.1 Å². The number of hydrogen-bond acceptors (Lipinski definition) is 6. The monoisotopic (exact) mass is 290 g/mol. The molecule has 0 aliphatic heterocycles. The van der Waals surface area contributed by atoms with E-state index in [-0.39, 0.29) is 5.69 Å². The van der Waals surface area contributed by atoms with Crippen molar-refractivity contribution in [1.82, 2.24) is 9.97 Å². The molecule has 0 saturated heterocycles. The van der Waals surface area contributed by atoms with Gasteiger partial charge in [0.05, 0.1) is 10.6 Å². The molecule has 0 amide bonds. The largest absolute Gasteiger partial charge is 0.398 e. The standard InChI is InChI=1S/C13H14N4O2S/c1-7-8(2)15-13(16-9(7)3)20-12-5-4-10(17(18)19)6-11(12)14/h4-6H,14H2,1-3H3. The molecular weight excluding hydrogens is 276 g/mol. The van der Waals surface area contributed by atoms with Gasteiger partial charge in [-0.3, -0.25) is 10.1 Å². The Morgan fingerprint density at radius 2 is 1.80 bits per heavy atom. The number of nitro groups is 1. The first-order valence-electron chi connectivity index (χ1n) is 5.92. The van der Waals surface area contributed by atoms with Crippen molar-refractivity contribution in [2.75, 3.05) is 5.73 Å². The summed E-state index contributed by atoms with van der Waals surface area (Å²) in [4.78, 5) is 19.7. The molecular formula is C13H14N4O2S. The van der Waals surface area contributed by atoms with Crippen molar-refractivity contribution < 1.29 is 4.92 Å². The molecule has 20 heavy (non-hydrogen) atoms. The fourth-order valence-corrected chi connectivity index (χ4v) is 2.50. The second-order valence-electron chi connectivity index (χ2n) is 4.38. The number of aromatic nitrogens is 2. The van der Waals surface area contributed by atoms with Crippen LogP contribution in [0.3, 0.4) is 0 Å². The van der Waals surface area contributed by atoms with Gasteiger partial charge < -0.3 is 5.73 Å². The summed E-state index contributed by atoms with van der Waals surface area (Å²) in [5.74, 6) is 0. The Labute approximate surface area is 120 Å². The summed E-state index contributed by atoms with van der Waals surface area (Å²) in [6.07, 6.45) is 0. The fourth-order valence-electron chi connectivity index (χ4n) is 1.63. The van der Waals surface area contributed by atoms with Gasteiger partial charge in [-0.2, -0.15) is 0 Å². The molecule has 0 atom stereocenters. The van der Waals surface area contributed by atoms with E-state index in [1.165, 1.54) is 23.9 Å². The molecule has 0 bridgehead atoms. The number of nitro benzene ring substituents is 1. The number of rotatable bonds is 3. The molecule has 0 saturated carbocycles. The second-order valence-corrected chi connectivity index (χ2v) is 5.39. The van der Waals surface area contributed by atoms with E-state index in [2.05, 4.69) is 9.97 Å². The number of nitrogen functional groups attached to an aromatic ring is 1. The van der Waals surface area contributed by atoms with Crippen molar-refractivity contribution in [2.45, 2.75) is 30.8 Å². The third kappa shape index (κ3) is 2.88. The van der Waals surface area contributed by atoms with Crippen LogP contribution in [0.5, 0.6) is 0 Å². The van der Waals surface area contributed by atoms with Gasteiger partial charge >= 0.3 is 0 Å². The number of non-ortho nitro benzene ring substituents is 1. The van der Waals surface area contributed by atoms with Crippen LogP contribution in [-0.2, 0) is 0 Å². The van der Waals surface area contributed by atoms with Crippen LogP contribution >= 0.6 is 11.8 Å². The molecule has 1 heterocycles. The Bertz CT molecular complexity index is 665. The maximum Gasteiger partial charge on any atom is 0.271 e. The van der Waals surface area contributed by atoms with Crippen LogP contribution in [0, 0.1) is 30.9 Å². The Morgan fingerprint density at radius 3 is 2.30 bits per heavy atom. The summed E-state index contributed by atoms with van der Waals surface area (Å²) >= 11 is 1.30. The number of benzene rings is 1. The molecule has 0 radical (unpaired) electrons. The Hall–Kier alpha value is -2.15. The highest BCUT2D eigenvalue weighted by Gasteiger charge is 2.12. The molecule has 2 rings (SSSR count). The zero-order chi connectivity index (χ0) is 14.9.